The number of ether oxygens (including phenoxy) is 2. The molecule has 0 aliphatic heterocycles. The maximum Gasteiger partial charge on any atom is 0.243 e. The maximum absolute atomic E-state index is 12.1. The van der Waals surface area contributed by atoms with Gasteiger partial charge in [-0.25, -0.2) is 8.42 Å². The van der Waals surface area contributed by atoms with Crippen molar-refractivity contribution in [2.75, 3.05) is 37.7 Å². The predicted octanol–water partition coefficient (Wildman–Crippen LogP) is 2.76. The van der Waals surface area contributed by atoms with Crippen LogP contribution >= 0.6 is 22.6 Å². The van der Waals surface area contributed by atoms with Gasteiger partial charge in [0.1, 0.15) is 5.75 Å². The Kier molecular flexibility index (Phi) is 6.70. The number of hydrogen-bond acceptors (Lipinski definition) is 6. The van der Waals surface area contributed by atoms with E-state index in [1.165, 1.54) is 20.3 Å². The molecule has 0 bridgehead atoms. The van der Waals surface area contributed by atoms with Crippen LogP contribution < -0.4 is 20.1 Å². The molecule has 9 heteroatoms. The third-order valence-electron chi connectivity index (χ3n) is 3.44. The van der Waals surface area contributed by atoms with Crippen molar-refractivity contribution in [3.8, 4) is 11.5 Å². The van der Waals surface area contributed by atoms with E-state index in [1.807, 2.05) is 12.1 Å². The zero-order valence-electron chi connectivity index (χ0n) is 14.5. The quantitative estimate of drug-likeness (QED) is 0.580. The molecule has 0 atom stereocenters. The molecule has 2 rings (SSSR count). The second kappa shape index (κ2) is 8.58. The molecular weight excluding hydrogens is 471 g/mol. The van der Waals surface area contributed by atoms with Crippen LogP contribution in [0.3, 0.4) is 0 Å². The molecule has 0 saturated heterocycles. The van der Waals surface area contributed by atoms with E-state index in [0.717, 1.165) is 9.83 Å². The molecule has 0 unspecified atom stereocenters. The Bertz CT molecular complexity index is 898. The Morgan fingerprint density at radius 2 is 1.73 bits per heavy atom. The van der Waals surface area contributed by atoms with Crippen molar-refractivity contribution in [1.82, 2.24) is 0 Å². The fraction of sp³-hybridized carbons (Fsp3) is 0.235. The van der Waals surface area contributed by atoms with Gasteiger partial charge in [-0.05, 0) is 59.0 Å². The predicted molar refractivity (Wildman–Crippen MR) is 109 cm³/mol. The van der Waals surface area contributed by atoms with Crippen molar-refractivity contribution < 1.29 is 22.7 Å². The van der Waals surface area contributed by atoms with Crippen molar-refractivity contribution in [3.05, 3.63) is 40.0 Å². The van der Waals surface area contributed by atoms with Gasteiger partial charge in [-0.2, -0.15) is 0 Å². The number of amides is 1. The Hall–Kier alpha value is -2.01. The molecule has 0 aliphatic carbocycles. The van der Waals surface area contributed by atoms with Gasteiger partial charge in [-0.1, -0.05) is 0 Å². The standard InChI is InChI=1S/C17H19IN2O5S/c1-24-14-9-8-13(16(25-2)17(14)26(3,22)23)19-10-15(21)20-12-6-4-11(18)5-7-12/h4-9,19H,10H2,1-3H3,(H,20,21). The molecule has 0 heterocycles. The van der Waals surface area contributed by atoms with Gasteiger partial charge in [-0.15, -0.1) is 0 Å². The van der Waals surface area contributed by atoms with Gasteiger partial charge < -0.3 is 20.1 Å². The summed E-state index contributed by atoms with van der Waals surface area (Å²) < 4.78 is 35.6. The van der Waals surface area contributed by atoms with Crippen LogP contribution in [0.25, 0.3) is 0 Å². The highest BCUT2D eigenvalue weighted by atomic mass is 127. The van der Waals surface area contributed by atoms with E-state index in [4.69, 9.17) is 9.47 Å². The van der Waals surface area contributed by atoms with E-state index in [-0.39, 0.29) is 28.8 Å². The van der Waals surface area contributed by atoms with Crippen molar-refractivity contribution >= 4 is 49.7 Å². The average Bonchev–Trinajstić information content (AvgIpc) is 2.60. The molecule has 0 aliphatic rings. The molecule has 2 N–H and O–H groups in total. The Labute approximate surface area is 166 Å². The summed E-state index contributed by atoms with van der Waals surface area (Å²) in [7, 11) is -0.852. The third kappa shape index (κ3) is 5.01. The highest BCUT2D eigenvalue weighted by Gasteiger charge is 2.23. The summed E-state index contributed by atoms with van der Waals surface area (Å²) in [5.41, 5.74) is 1.06. The van der Waals surface area contributed by atoms with Gasteiger partial charge in [0.05, 0.1) is 26.5 Å². The SMILES string of the molecule is COc1ccc(NCC(=O)Nc2ccc(I)cc2)c(OC)c1S(C)(=O)=O. The lowest BCUT2D eigenvalue weighted by Gasteiger charge is -2.16. The number of carbonyl (C=O) groups excluding carboxylic acids is 1. The summed E-state index contributed by atoms with van der Waals surface area (Å²) in [4.78, 5) is 12.1. The summed E-state index contributed by atoms with van der Waals surface area (Å²) in [6.45, 7) is -0.0577. The Morgan fingerprint density at radius 1 is 1.08 bits per heavy atom. The van der Waals surface area contributed by atoms with E-state index in [9.17, 15) is 13.2 Å². The molecule has 0 saturated carbocycles. The lowest BCUT2D eigenvalue weighted by atomic mass is 10.2. The summed E-state index contributed by atoms with van der Waals surface area (Å²) in [5.74, 6) is 0.0112. The topological polar surface area (TPSA) is 93.7 Å². The van der Waals surface area contributed by atoms with Crippen LogP contribution in [-0.2, 0) is 14.6 Å². The third-order valence-corrected chi connectivity index (χ3v) is 5.29. The first-order chi connectivity index (χ1) is 12.3. The van der Waals surface area contributed by atoms with E-state index in [1.54, 1.807) is 18.2 Å². The van der Waals surface area contributed by atoms with E-state index in [0.29, 0.717) is 11.4 Å². The summed E-state index contributed by atoms with van der Waals surface area (Å²) >= 11 is 2.18. The molecule has 1 amide bonds. The fourth-order valence-corrected chi connectivity index (χ4v) is 3.72. The lowest BCUT2D eigenvalue weighted by Crippen LogP contribution is -2.22. The minimum Gasteiger partial charge on any atom is -0.495 e. The van der Waals surface area contributed by atoms with Gasteiger partial charge in [0.2, 0.25) is 5.91 Å². The van der Waals surface area contributed by atoms with E-state index in [2.05, 4.69) is 33.2 Å². The zero-order valence-corrected chi connectivity index (χ0v) is 17.5. The molecular formula is C17H19IN2O5S. The number of anilines is 2. The van der Waals surface area contributed by atoms with Crippen LogP contribution in [0.4, 0.5) is 11.4 Å². The zero-order chi connectivity index (χ0) is 19.3. The average molecular weight is 490 g/mol. The fourth-order valence-electron chi connectivity index (χ4n) is 2.31. The van der Waals surface area contributed by atoms with Gasteiger partial charge in [-0.3, -0.25) is 4.79 Å². The minimum absolute atomic E-state index is 0.0577. The van der Waals surface area contributed by atoms with Crippen LogP contribution in [0.2, 0.25) is 0 Å². The van der Waals surface area contributed by atoms with Gasteiger partial charge in [0.15, 0.2) is 20.5 Å². The minimum atomic E-state index is -3.59. The van der Waals surface area contributed by atoms with Crippen LogP contribution in [0.1, 0.15) is 0 Å². The summed E-state index contributed by atoms with van der Waals surface area (Å²) in [6.07, 6.45) is 1.07. The normalized spacial score (nSPS) is 10.9. The first kappa shape index (κ1) is 20.3. The number of sulfone groups is 1. The van der Waals surface area contributed by atoms with Gasteiger partial charge in [0.25, 0.3) is 0 Å². The maximum atomic E-state index is 12.1. The van der Waals surface area contributed by atoms with Crippen LogP contribution in [0.15, 0.2) is 41.3 Å². The molecule has 26 heavy (non-hydrogen) atoms. The van der Waals surface area contributed by atoms with Gasteiger partial charge in [0, 0.05) is 15.5 Å². The number of rotatable bonds is 7. The molecule has 0 radical (unpaired) electrons. The van der Waals surface area contributed by atoms with Crippen molar-refractivity contribution in [3.63, 3.8) is 0 Å². The Balaban J connectivity index is 2.19. The van der Waals surface area contributed by atoms with Crippen LogP contribution in [0, 0.1) is 3.57 Å². The second-order valence-corrected chi connectivity index (χ2v) is 8.56. The summed E-state index contributed by atoms with van der Waals surface area (Å²) in [6, 6.07) is 10.5. The molecule has 0 fully saturated rings. The highest BCUT2D eigenvalue weighted by Crippen LogP contribution is 2.39. The first-order valence-electron chi connectivity index (χ1n) is 7.50. The number of nitrogens with one attached hydrogen (secondary N) is 2. The number of methoxy groups -OCH3 is 2. The largest absolute Gasteiger partial charge is 0.495 e. The first-order valence-corrected chi connectivity index (χ1v) is 10.5. The molecule has 0 spiro atoms. The molecule has 2 aromatic rings. The highest BCUT2D eigenvalue weighted by molar-refractivity contribution is 14.1. The monoisotopic (exact) mass is 490 g/mol. The number of benzene rings is 2. The molecule has 0 aromatic heterocycles. The van der Waals surface area contributed by atoms with E-state index < -0.39 is 9.84 Å². The second-order valence-electron chi connectivity index (χ2n) is 5.36. The molecule has 140 valence electrons. The smallest absolute Gasteiger partial charge is 0.243 e. The summed E-state index contributed by atoms with van der Waals surface area (Å²) in [5, 5.41) is 5.66. The van der Waals surface area contributed by atoms with E-state index >= 15 is 0 Å². The number of hydrogen-bond donors (Lipinski definition) is 2. The number of halogens is 1. The lowest BCUT2D eigenvalue weighted by molar-refractivity contribution is -0.114. The van der Waals surface area contributed by atoms with Crippen LogP contribution in [-0.4, -0.2) is 41.3 Å². The molecule has 7 nitrogen and oxygen atoms in total. The van der Waals surface area contributed by atoms with Crippen LogP contribution in [0.5, 0.6) is 11.5 Å². The van der Waals surface area contributed by atoms with Crippen molar-refractivity contribution in [1.29, 1.82) is 0 Å². The van der Waals surface area contributed by atoms with Gasteiger partial charge >= 0.3 is 0 Å². The number of carbonyl (C=O) groups is 1. The van der Waals surface area contributed by atoms with Crippen molar-refractivity contribution in [2.45, 2.75) is 4.90 Å². The molecule has 2 aromatic carbocycles. The Morgan fingerprint density at radius 3 is 2.27 bits per heavy atom. The van der Waals surface area contributed by atoms with Crippen molar-refractivity contribution in [2.24, 2.45) is 0 Å².